The molecule has 2 aromatic carbocycles. The molecule has 0 fully saturated rings. The molecule has 0 spiro atoms. The summed E-state index contributed by atoms with van der Waals surface area (Å²) in [5.74, 6) is -0.653. The van der Waals surface area contributed by atoms with Crippen LogP contribution in [0, 0.1) is 0 Å². The van der Waals surface area contributed by atoms with Crippen molar-refractivity contribution >= 4 is 11.8 Å². The van der Waals surface area contributed by atoms with Crippen LogP contribution in [-0.2, 0) is 0 Å². The van der Waals surface area contributed by atoms with Gasteiger partial charge in [-0.2, -0.15) is 0 Å². The van der Waals surface area contributed by atoms with Crippen LogP contribution in [0.2, 0.25) is 0 Å². The van der Waals surface area contributed by atoms with E-state index in [0.717, 1.165) is 11.1 Å². The van der Waals surface area contributed by atoms with E-state index in [9.17, 15) is 9.59 Å². The molecule has 0 aliphatic rings. The maximum absolute atomic E-state index is 13.0. The summed E-state index contributed by atoms with van der Waals surface area (Å²) in [6.45, 7) is 0. The molecule has 0 aliphatic carbocycles. The Morgan fingerprint density at radius 2 is 0.906 bits per heavy atom. The third-order valence-electron chi connectivity index (χ3n) is 5.02. The minimum atomic E-state index is -0.541. The molecule has 158 valence electrons. The molecule has 32 heavy (non-hydrogen) atoms. The number of carbonyl (C=O) groups is 2. The quantitative estimate of drug-likeness (QED) is 0.469. The van der Waals surface area contributed by atoms with Gasteiger partial charge in [-0.25, -0.2) is 0 Å². The first kappa shape index (κ1) is 20.9. The number of carbonyl (C=O) groups excluding carboxylic acids is 2. The largest absolute Gasteiger partial charge is 0.341 e. The van der Waals surface area contributed by atoms with Crippen LogP contribution in [0.4, 0.5) is 0 Å². The number of benzene rings is 2. The van der Waals surface area contributed by atoms with Gasteiger partial charge in [-0.05, 0) is 35.4 Å². The second kappa shape index (κ2) is 10.1. The van der Waals surface area contributed by atoms with Crippen molar-refractivity contribution in [2.75, 3.05) is 0 Å². The molecule has 0 bridgehead atoms. The highest BCUT2D eigenvalue weighted by Crippen LogP contribution is 2.29. The van der Waals surface area contributed by atoms with Gasteiger partial charge in [0.2, 0.25) is 0 Å². The van der Waals surface area contributed by atoms with Gasteiger partial charge in [0.1, 0.15) is 11.4 Å². The van der Waals surface area contributed by atoms with Gasteiger partial charge in [-0.1, -0.05) is 72.8 Å². The first-order valence-electron chi connectivity index (χ1n) is 10.3. The summed E-state index contributed by atoms with van der Waals surface area (Å²) in [7, 11) is 0. The van der Waals surface area contributed by atoms with E-state index in [2.05, 4.69) is 20.6 Å². The number of amides is 2. The third-order valence-corrected chi connectivity index (χ3v) is 5.02. The Morgan fingerprint density at radius 3 is 1.25 bits per heavy atom. The average Bonchev–Trinajstić information content (AvgIpc) is 2.88. The Labute approximate surface area is 186 Å². The molecular weight excluding hydrogens is 400 g/mol. The van der Waals surface area contributed by atoms with Crippen LogP contribution in [-0.4, -0.2) is 21.8 Å². The molecule has 0 saturated carbocycles. The van der Waals surface area contributed by atoms with Gasteiger partial charge in [-0.3, -0.25) is 19.6 Å². The summed E-state index contributed by atoms with van der Waals surface area (Å²) in [6, 6.07) is 28.4. The van der Waals surface area contributed by atoms with Gasteiger partial charge in [0, 0.05) is 12.4 Å². The Morgan fingerprint density at radius 1 is 0.531 bits per heavy atom. The fraction of sp³-hybridized carbons (Fsp3) is 0.0769. The second-order valence-corrected chi connectivity index (χ2v) is 7.15. The normalized spacial score (nSPS) is 12.4. The molecular formula is C26H22N4O2. The van der Waals surface area contributed by atoms with Crippen molar-refractivity contribution in [1.82, 2.24) is 20.6 Å². The summed E-state index contributed by atoms with van der Waals surface area (Å²) in [4.78, 5) is 34.4. The number of rotatable bonds is 7. The van der Waals surface area contributed by atoms with E-state index in [1.807, 2.05) is 60.7 Å². The van der Waals surface area contributed by atoms with Crippen LogP contribution >= 0.6 is 0 Å². The molecule has 6 nitrogen and oxygen atoms in total. The fourth-order valence-electron chi connectivity index (χ4n) is 3.46. The highest BCUT2D eigenvalue weighted by molar-refractivity contribution is 5.93. The first-order chi connectivity index (χ1) is 15.7. The Kier molecular flexibility index (Phi) is 6.63. The molecule has 0 aliphatic heterocycles. The Balaban J connectivity index is 1.72. The fourth-order valence-corrected chi connectivity index (χ4v) is 3.46. The molecule has 2 heterocycles. The number of hydrogen-bond donors (Lipinski definition) is 2. The minimum absolute atomic E-state index is 0.302. The summed E-state index contributed by atoms with van der Waals surface area (Å²) in [6.07, 6.45) is 3.15. The second-order valence-electron chi connectivity index (χ2n) is 7.15. The lowest BCUT2D eigenvalue weighted by atomic mass is 9.92. The molecule has 4 rings (SSSR count). The topological polar surface area (TPSA) is 84.0 Å². The van der Waals surface area contributed by atoms with Crippen molar-refractivity contribution in [2.45, 2.75) is 12.1 Å². The summed E-state index contributed by atoms with van der Waals surface area (Å²) in [5.41, 5.74) is 2.31. The highest BCUT2D eigenvalue weighted by Gasteiger charge is 2.29. The van der Waals surface area contributed by atoms with Gasteiger partial charge in [0.15, 0.2) is 0 Å². The monoisotopic (exact) mass is 422 g/mol. The molecule has 0 saturated heterocycles. The van der Waals surface area contributed by atoms with E-state index in [1.54, 1.807) is 48.8 Å². The van der Waals surface area contributed by atoms with Crippen LogP contribution in [0.25, 0.3) is 0 Å². The van der Waals surface area contributed by atoms with Gasteiger partial charge < -0.3 is 10.6 Å². The zero-order valence-corrected chi connectivity index (χ0v) is 17.3. The molecule has 2 aromatic heterocycles. The van der Waals surface area contributed by atoms with Crippen molar-refractivity contribution < 1.29 is 9.59 Å². The predicted octanol–water partition coefficient (Wildman–Crippen LogP) is 4.12. The third kappa shape index (κ3) is 5.05. The van der Waals surface area contributed by atoms with E-state index in [0.29, 0.717) is 11.4 Å². The molecule has 2 atom stereocenters. The Bertz CT molecular complexity index is 1060. The predicted molar refractivity (Wildman–Crippen MR) is 122 cm³/mol. The smallest absolute Gasteiger partial charge is 0.270 e. The molecule has 2 N–H and O–H groups in total. The molecule has 6 heteroatoms. The van der Waals surface area contributed by atoms with Crippen molar-refractivity contribution in [3.63, 3.8) is 0 Å². The molecule has 2 amide bonds. The maximum atomic E-state index is 13.0. The summed E-state index contributed by atoms with van der Waals surface area (Å²) >= 11 is 0. The van der Waals surface area contributed by atoms with Crippen molar-refractivity contribution in [3.05, 3.63) is 132 Å². The van der Waals surface area contributed by atoms with E-state index >= 15 is 0 Å². The van der Waals surface area contributed by atoms with Crippen LogP contribution in [0.3, 0.4) is 0 Å². The number of pyridine rings is 2. The average molecular weight is 422 g/mol. The van der Waals surface area contributed by atoms with Gasteiger partial charge >= 0.3 is 0 Å². The highest BCUT2D eigenvalue weighted by atomic mass is 16.2. The number of nitrogens with zero attached hydrogens (tertiary/aromatic N) is 2. The summed E-state index contributed by atoms with van der Waals surface area (Å²) < 4.78 is 0. The van der Waals surface area contributed by atoms with Crippen LogP contribution in [0.5, 0.6) is 0 Å². The SMILES string of the molecule is O=C(N[C@@H](c1ccccc1)[C@@H](NC(=O)c1ccccn1)c1ccccc1)c1ccccn1. The first-order valence-corrected chi connectivity index (χ1v) is 10.3. The van der Waals surface area contributed by atoms with E-state index in [1.165, 1.54) is 0 Å². The van der Waals surface area contributed by atoms with Crippen LogP contribution in [0.1, 0.15) is 44.2 Å². The van der Waals surface area contributed by atoms with Crippen molar-refractivity contribution in [2.24, 2.45) is 0 Å². The standard InChI is InChI=1S/C26H22N4O2/c31-25(21-15-7-9-17-27-21)29-23(19-11-3-1-4-12-19)24(20-13-5-2-6-14-20)30-26(32)22-16-8-10-18-28-22/h1-18,23-24H,(H,29,31)(H,30,32)/t23-,24-/m0/s1. The minimum Gasteiger partial charge on any atom is -0.341 e. The Hall–Kier alpha value is -4.32. The van der Waals surface area contributed by atoms with E-state index < -0.39 is 12.1 Å². The lowest BCUT2D eigenvalue weighted by Crippen LogP contribution is -2.41. The van der Waals surface area contributed by atoms with Crippen LogP contribution in [0.15, 0.2) is 109 Å². The van der Waals surface area contributed by atoms with E-state index in [-0.39, 0.29) is 11.8 Å². The molecule has 0 radical (unpaired) electrons. The van der Waals surface area contributed by atoms with E-state index in [4.69, 9.17) is 0 Å². The zero-order chi connectivity index (χ0) is 22.2. The molecule has 0 unspecified atom stereocenters. The maximum Gasteiger partial charge on any atom is 0.270 e. The molecule has 4 aromatic rings. The lowest BCUT2D eigenvalue weighted by molar-refractivity contribution is 0.0876. The lowest BCUT2D eigenvalue weighted by Gasteiger charge is -2.30. The summed E-state index contributed by atoms with van der Waals surface area (Å²) in [5, 5.41) is 6.14. The van der Waals surface area contributed by atoms with Crippen molar-refractivity contribution in [3.8, 4) is 0 Å². The zero-order valence-electron chi connectivity index (χ0n) is 17.3. The number of aromatic nitrogens is 2. The van der Waals surface area contributed by atoms with Gasteiger partial charge in [0.25, 0.3) is 11.8 Å². The van der Waals surface area contributed by atoms with Gasteiger partial charge in [0.05, 0.1) is 12.1 Å². The van der Waals surface area contributed by atoms with Gasteiger partial charge in [-0.15, -0.1) is 0 Å². The number of nitrogens with one attached hydrogen (secondary N) is 2. The number of hydrogen-bond acceptors (Lipinski definition) is 4. The van der Waals surface area contributed by atoms with Crippen LogP contribution < -0.4 is 10.6 Å². The van der Waals surface area contributed by atoms with Crippen molar-refractivity contribution in [1.29, 1.82) is 0 Å².